The second-order valence-corrected chi connectivity index (χ2v) is 7.87. The molecule has 2 aromatic carbocycles. The van der Waals surface area contributed by atoms with Crippen LogP contribution >= 0.6 is 0 Å². The zero-order valence-corrected chi connectivity index (χ0v) is 17.3. The van der Waals surface area contributed by atoms with Crippen molar-refractivity contribution < 1.29 is 19.1 Å². The minimum Gasteiger partial charge on any atom is -0.460 e. The summed E-state index contributed by atoms with van der Waals surface area (Å²) in [5.74, 6) is -0.225. The van der Waals surface area contributed by atoms with Crippen LogP contribution in [-0.2, 0) is 20.9 Å². The van der Waals surface area contributed by atoms with Gasteiger partial charge in [0.15, 0.2) is 0 Å². The summed E-state index contributed by atoms with van der Waals surface area (Å²) in [4.78, 5) is 28.8. The monoisotopic (exact) mass is 419 g/mol. The van der Waals surface area contributed by atoms with Crippen LogP contribution in [0, 0.1) is 11.3 Å². The van der Waals surface area contributed by atoms with Gasteiger partial charge in [0, 0.05) is 12.2 Å². The number of hydrogen-bond donors (Lipinski definition) is 0. The minimum absolute atomic E-state index is 0.225. The van der Waals surface area contributed by atoms with Gasteiger partial charge in [-0.1, -0.05) is 36.8 Å². The quantitative estimate of drug-likeness (QED) is 0.667. The third kappa shape index (κ3) is 5.04. The zero-order valence-electron chi connectivity index (χ0n) is 17.3. The molecule has 0 spiro atoms. The first-order valence-corrected chi connectivity index (χ1v) is 10.6. The van der Waals surface area contributed by atoms with Crippen LogP contribution in [0.4, 0.5) is 10.5 Å². The Kier molecular flexibility index (Phi) is 6.48. The fraction of sp³-hybridized carbons (Fsp3) is 0.375. The van der Waals surface area contributed by atoms with Crippen molar-refractivity contribution in [3.63, 3.8) is 0 Å². The molecule has 160 valence electrons. The molecule has 2 unspecified atom stereocenters. The van der Waals surface area contributed by atoms with Crippen LogP contribution in [0.15, 0.2) is 54.6 Å². The molecule has 4 rings (SSSR count). The summed E-state index contributed by atoms with van der Waals surface area (Å²) in [6.45, 7) is 1.93. The van der Waals surface area contributed by atoms with E-state index in [1.807, 2.05) is 30.3 Å². The predicted octanol–water partition coefficient (Wildman–Crippen LogP) is 3.48. The van der Waals surface area contributed by atoms with E-state index in [4.69, 9.17) is 14.7 Å². The van der Waals surface area contributed by atoms with Crippen LogP contribution in [0.1, 0.15) is 30.4 Å². The number of ether oxygens (including phenoxy) is 2. The van der Waals surface area contributed by atoms with Gasteiger partial charge in [0.2, 0.25) is 0 Å². The Morgan fingerprint density at radius 1 is 1.13 bits per heavy atom. The second-order valence-electron chi connectivity index (χ2n) is 7.87. The first kappa shape index (κ1) is 20.9. The first-order valence-electron chi connectivity index (χ1n) is 10.6. The SMILES string of the molecule is N#Cc1ccc(N2CC(CN3CCCCC3C(=O)OCc3ccccc3)OC2=O)cc1. The molecule has 2 heterocycles. The fourth-order valence-corrected chi connectivity index (χ4v) is 4.11. The summed E-state index contributed by atoms with van der Waals surface area (Å²) in [6.07, 6.45) is 1.99. The number of rotatable bonds is 6. The van der Waals surface area contributed by atoms with E-state index in [-0.39, 0.29) is 24.7 Å². The van der Waals surface area contributed by atoms with Gasteiger partial charge in [-0.2, -0.15) is 5.26 Å². The molecule has 2 aromatic rings. The predicted molar refractivity (Wildman–Crippen MR) is 114 cm³/mol. The van der Waals surface area contributed by atoms with E-state index in [0.717, 1.165) is 31.4 Å². The van der Waals surface area contributed by atoms with Gasteiger partial charge < -0.3 is 9.47 Å². The lowest BCUT2D eigenvalue weighted by atomic mass is 10.0. The molecule has 0 radical (unpaired) electrons. The first-order chi connectivity index (χ1) is 15.1. The van der Waals surface area contributed by atoms with Crippen LogP contribution in [0.3, 0.4) is 0 Å². The van der Waals surface area contributed by atoms with Crippen molar-refractivity contribution >= 4 is 17.7 Å². The highest BCUT2D eigenvalue weighted by Gasteiger charge is 2.37. The summed E-state index contributed by atoms with van der Waals surface area (Å²) in [5.41, 5.74) is 2.20. The van der Waals surface area contributed by atoms with E-state index in [0.29, 0.717) is 24.3 Å². The molecule has 2 fully saturated rings. The minimum atomic E-state index is -0.407. The van der Waals surface area contributed by atoms with Crippen molar-refractivity contribution in [2.75, 3.05) is 24.5 Å². The molecule has 0 bridgehead atoms. The van der Waals surface area contributed by atoms with Crippen molar-refractivity contribution in [3.8, 4) is 6.07 Å². The number of nitriles is 1. The number of amides is 1. The normalized spacial score (nSPS) is 21.4. The number of benzene rings is 2. The van der Waals surface area contributed by atoms with E-state index >= 15 is 0 Å². The van der Waals surface area contributed by atoms with Crippen molar-refractivity contribution in [2.45, 2.75) is 38.0 Å². The van der Waals surface area contributed by atoms with Crippen LogP contribution in [0.5, 0.6) is 0 Å². The van der Waals surface area contributed by atoms with Crippen LogP contribution in [0.25, 0.3) is 0 Å². The highest BCUT2D eigenvalue weighted by molar-refractivity contribution is 5.89. The molecule has 2 atom stereocenters. The Hall–Kier alpha value is -3.37. The number of nitrogens with zero attached hydrogens (tertiary/aromatic N) is 3. The molecule has 2 aliphatic heterocycles. The molecule has 31 heavy (non-hydrogen) atoms. The van der Waals surface area contributed by atoms with Crippen LogP contribution in [-0.4, -0.2) is 48.7 Å². The lowest BCUT2D eigenvalue weighted by Crippen LogP contribution is -2.49. The number of hydrogen-bond acceptors (Lipinski definition) is 6. The van der Waals surface area contributed by atoms with Crippen LogP contribution < -0.4 is 4.90 Å². The number of esters is 1. The average molecular weight is 419 g/mol. The molecular formula is C24H25N3O4. The smallest absolute Gasteiger partial charge is 0.414 e. The molecule has 0 aliphatic carbocycles. The molecule has 7 heteroatoms. The maximum atomic E-state index is 12.8. The van der Waals surface area contributed by atoms with E-state index < -0.39 is 6.09 Å². The van der Waals surface area contributed by atoms with E-state index in [2.05, 4.69) is 11.0 Å². The highest BCUT2D eigenvalue weighted by atomic mass is 16.6. The van der Waals surface area contributed by atoms with Gasteiger partial charge in [-0.25, -0.2) is 4.79 Å². The Bertz CT molecular complexity index is 955. The highest BCUT2D eigenvalue weighted by Crippen LogP contribution is 2.25. The second kappa shape index (κ2) is 9.63. The lowest BCUT2D eigenvalue weighted by Gasteiger charge is -2.34. The Balaban J connectivity index is 1.36. The number of carbonyl (C=O) groups excluding carboxylic acids is 2. The lowest BCUT2D eigenvalue weighted by molar-refractivity contribution is -0.153. The van der Waals surface area contributed by atoms with E-state index in [9.17, 15) is 9.59 Å². The molecule has 0 saturated carbocycles. The van der Waals surface area contributed by atoms with E-state index in [1.54, 1.807) is 29.2 Å². The van der Waals surface area contributed by atoms with Crippen LogP contribution in [0.2, 0.25) is 0 Å². The van der Waals surface area contributed by atoms with Gasteiger partial charge in [-0.15, -0.1) is 0 Å². The molecule has 2 aliphatic rings. The molecule has 0 aromatic heterocycles. The topological polar surface area (TPSA) is 82.9 Å². The summed E-state index contributed by atoms with van der Waals surface area (Å²) >= 11 is 0. The third-order valence-corrected chi connectivity index (χ3v) is 5.73. The standard InChI is InChI=1S/C24H25N3O4/c25-14-18-9-11-20(12-10-18)27-16-21(31-24(27)29)15-26-13-5-4-8-22(26)23(28)30-17-19-6-2-1-3-7-19/h1-3,6-7,9-12,21-22H,4-5,8,13,15-17H2. The van der Waals surface area contributed by atoms with Gasteiger partial charge in [-0.05, 0) is 49.2 Å². The number of likely N-dealkylation sites (tertiary alicyclic amines) is 1. The number of carbonyl (C=O) groups is 2. The van der Waals surface area contributed by atoms with Gasteiger partial charge in [0.1, 0.15) is 18.8 Å². The molecule has 0 N–H and O–H groups in total. The number of anilines is 1. The molecule has 7 nitrogen and oxygen atoms in total. The maximum Gasteiger partial charge on any atom is 0.414 e. The van der Waals surface area contributed by atoms with Gasteiger partial charge >= 0.3 is 12.1 Å². The van der Waals surface area contributed by atoms with Crippen molar-refractivity contribution in [1.82, 2.24) is 4.90 Å². The van der Waals surface area contributed by atoms with Gasteiger partial charge in [0.25, 0.3) is 0 Å². The summed E-state index contributed by atoms with van der Waals surface area (Å²) in [6, 6.07) is 18.2. The summed E-state index contributed by atoms with van der Waals surface area (Å²) < 4.78 is 11.1. The third-order valence-electron chi connectivity index (χ3n) is 5.73. The van der Waals surface area contributed by atoms with Gasteiger partial charge in [0.05, 0.1) is 18.2 Å². The zero-order chi connectivity index (χ0) is 21.6. The maximum absolute atomic E-state index is 12.8. The Morgan fingerprint density at radius 2 is 1.90 bits per heavy atom. The molecular weight excluding hydrogens is 394 g/mol. The van der Waals surface area contributed by atoms with E-state index in [1.165, 1.54) is 0 Å². The number of piperidine rings is 1. The Morgan fingerprint density at radius 3 is 2.65 bits per heavy atom. The van der Waals surface area contributed by atoms with Crippen molar-refractivity contribution in [3.05, 3.63) is 65.7 Å². The summed E-state index contributed by atoms with van der Waals surface area (Å²) in [7, 11) is 0. The average Bonchev–Trinajstić information content (AvgIpc) is 3.18. The molecule has 2 saturated heterocycles. The fourth-order valence-electron chi connectivity index (χ4n) is 4.11. The Labute approximate surface area is 181 Å². The number of cyclic esters (lactones) is 1. The van der Waals surface area contributed by atoms with Crippen molar-refractivity contribution in [2.24, 2.45) is 0 Å². The molecule has 1 amide bonds. The van der Waals surface area contributed by atoms with Crippen molar-refractivity contribution in [1.29, 1.82) is 5.26 Å². The van der Waals surface area contributed by atoms with Gasteiger partial charge in [-0.3, -0.25) is 14.6 Å². The largest absolute Gasteiger partial charge is 0.460 e. The summed E-state index contributed by atoms with van der Waals surface area (Å²) in [5, 5.41) is 8.94.